The highest BCUT2D eigenvalue weighted by Gasteiger charge is 2.49. The van der Waals surface area contributed by atoms with E-state index in [0.29, 0.717) is 5.69 Å². The number of Topliss-reactive ketones (excluding diaryl/α,β-unsaturated/α-hetero) is 1. The molecule has 0 aliphatic heterocycles. The molecule has 0 bridgehead atoms. The summed E-state index contributed by atoms with van der Waals surface area (Å²) in [5.41, 5.74) is -2.09. The molecule has 0 amide bonds. The highest BCUT2D eigenvalue weighted by molar-refractivity contribution is 6.05. The fourth-order valence-corrected chi connectivity index (χ4v) is 2.24. The van der Waals surface area contributed by atoms with Crippen molar-refractivity contribution in [1.82, 2.24) is 4.98 Å². The van der Waals surface area contributed by atoms with Crippen molar-refractivity contribution < 1.29 is 19.4 Å². The van der Waals surface area contributed by atoms with Crippen LogP contribution in [0.25, 0.3) is 0 Å². The quantitative estimate of drug-likeness (QED) is 0.643. The van der Waals surface area contributed by atoms with Crippen molar-refractivity contribution in [3.8, 4) is 0 Å². The number of ketones is 1. The number of rotatable bonds is 6. The van der Waals surface area contributed by atoms with Crippen LogP contribution >= 0.6 is 0 Å². The van der Waals surface area contributed by atoms with Crippen molar-refractivity contribution in [3.63, 3.8) is 0 Å². The van der Waals surface area contributed by atoms with E-state index >= 15 is 0 Å². The molecule has 0 saturated heterocycles. The molecule has 1 aromatic rings. The molecule has 1 unspecified atom stereocenters. The van der Waals surface area contributed by atoms with Crippen LogP contribution in [-0.4, -0.2) is 28.4 Å². The van der Waals surface area contributed by atoms with Gasteiger partial charge < -0.3 is 9.84 Å². The highest BCUT2D eigenvalue weighted by Crippen LogP contribution is 2.39. The van der Waals surface area contributed by atoms with E-state index in [1.807, 2.05) is 0 Å². The maximum atomic E-state index is 12.7. The van der Waals surface area contributed by atoms with Gasteiger partial charge in [-0.15, -0.1) is 0 Å². The van der Waals surface area contributed by atoms with E-state index in [2.05, 4.69) is 4.98 Å². The van der Waals surface area contributed by atoms with E-state index in [9.17, 15) is 14.7 Å². The smallest absolute Gasteiger partial charge is 0.319 e. The summed E-state index contributed by atoms with van der Waals surface area (Å²) in [6.45, 7) is 8.14. The van der Waals surface area contributed by atoms with Crippen LogP contribution in [0.4, 0.5) is 0 Å². The topological polar surface area (TPSA) is 76.5 Å². The molecule has 0 radical (unpaired) electrons. The Morgan fingerprint density at radius 1 is 1.29 bits per heavy atom. The lowest BCUT2D eigenvalue weighted by Crippen LogP contribution is -2.45. The van der Waals surface area contributed by atoms with Crippen LogP contribution in [0.15, 0.2) is 24.4 Å². The Hall–Kier alpha value is -1.75. The molecule has 1 heterocycles. The predicted octanol–water partition coefficient (Wildman–Crippen LogP) is 2.30. The number of aliphatic hydroxyl groups excluding tert-OH is 1. The van der Waals surface area contributed by atoms with Gasteiger partial charge in [0.2, 0.25) is 0 Å². The van der Waals surface area contributed by atoms with Crippen LogP contribution in [0, 0.1) is 10.8 Å². The summed E-state index contributed by atoms with van der Waals surface area (Å²) in [7, 11) is 0. The minimum absolute atomic E-state index is 0.207. The van der Waals surface area contributed by atoms with Crippen molar-refractivity contribution in [3.05, 3.63) is 30.1 Å². The summed E-state index contributed by atoms with van der Waals surface area (Å²) in [5.74, 6) is -0.970. The summed E-state index contributed by atoms with van der Waals surface area (Å²) in [6, 6.07) is 5.12. The minimum Gasteiger partial charge on any atom is -0.465 e. The number of aromatic nitrogens is 1. The molecule has 0 fully saturated rings. The van der Waals surface area contributed by atoms with E-state index in [4.69, 9.17) is 4.74 Å². The number of carbonyl (C=O) groups excluding carboxylic acids is 2. The van der Waals surface area contributed by atoms with E-state index < -0.39 is 22.9 Å². The lowest BCUT2D eigenvalue weighted by atomic mass is 9.70. The minimum atomic E-state index is -1.32. The Labute approximate surface area is 125 Å². The van der Waals surface area contributed by atoms with Crippen LogP contribution < -0.4 is 0 Å². The second kappa shape index (κ2) is 6.35. The second-order valence-corrected chi connectivity index (χ2v) is 6.05. The molecule has 0 aliphatic carbocycles. The number of hydrogen-bond donors (Lipinski definition) is 1. The first-order valence-electron chi connectivity index (χ1n) is 6.96. The molecular formula is C16H23NO4. The van der Waals surface area contributed by atoms with Gasteiger partial charge in [-0.3, -0.25) is 14.6 Å². The summed E-state index contributed by atoms with van der Waals surface area (Å²) in [4.78, 5) is 28.8. The predicted molar refractivity (Wildman–Crippen MR) is 78.4 cm³/mol. The van der Waals surface area contributed by atoms with E-state index in [1.165, 1.54) is 13.8 Å². The highest BCUT2D eigenvalue weighted by atomic mass is 16.5. The van der Waals surface area contributed by atoms with Crippen molar-refractivity contribution in [2.24, 2.45) is 10.8 Å². The van der Waals surface area contributed by atoms with Crippen LogP contribution in [0.2, 0.25) is 0 Å². The Bertz CT molecular complexity index is 508. The fourth-order valence-electron chi connectivity index (χ4n) is 2.24. The van der Waals surface area contributed by atoms with E-state index in [-0.39, 0.29) is 12.4 Å². The molecule has 21 heavy (non-hydrogen) atoms. The van der Waals surface area contributed by atoms with Crippen molar-refractivity contribution in [2.75, 3.05) is 6.61 Å². The number of esters is 1. The second-order valence-electron chi connectivity index (χ2n) is 6.05. The molecule has 0 saturated carbocycles. The number of carbonyl (C=O) groups is 2. The lowest BCUT2D eigenvalue weighted by Gasteiger charge is -2.34. The van der Waals surface area contributed by atoms with E-state index in [0.717, 1.165) is 0 Å². The normalized spacial score (nSPS) is 13.6. The van der Waals surface area contributed by atoms with Crippen molar-refractivity contribution in [1.29, 1.82) is 0 Å². The largest absolute Gasteiger partial charge is 0.465 e. The molecule has 5 heteroatoms. The van der Waals surface area contributed by atoms with Gasteiger partial charge in [-0.1, -0.05) is 6.07 Å². The average Bonchev–Trinajstić information content (AvgIpc) is 2.46. The summed E-state index contributed by atoms with van der Waals surface area (Å²) >= 11 is 0. The molecule has 0 spiro atoms. The fraction of sp³-hybridized carbons (Fsp3) is 0.562. The molecule has 1 rings (SSSR count). The third-order valence-electron chi connectivity index (χ3n) is 3.59. The molecular weight excluding hydrogens is 270 g/mol. The van der Waals surface area contributed by atoms with Crippen LogP contribution in [0.1, 0.15) is 46.4 Å². The molecule has 0 aliphatic rings. The van der Waals surface area contributed by atoms with Gasteiger partial charge in [0.1, 0.15) is 11.5 Å². The van der Waals surface area contributed by atoms with Gasteiger partial charge in [-0.05, 0) is 46.8 Å². The van der Waals surface area contributed by atoms with Crippen LogP contribution in [0.5, 0.6) is 0 Å². The first-order chi connectivity index (χ1) is 9.65. The number of nitrogens with zero attached hydrogens (tertiary/aromatic N) is 1. The number of hydrogen-bond acceptors (Lipinski definition) is 5. The third kappa shape index (κ3) is 3.47. The number of pyridine rings is 1. The number of aliphatic hydroxyl groups is 1. The van der Waals surface area contributed by atoms with Crippen molar-refractivity contribution >= 4 is 11.8 Å². The van der Waals surface area contributed by atoms with Crippen LogP contribution in [0.3, 0.4) is 0 Å². The maximum Gasteiger partial charge on any atom is 0.319 e. The summed E-state index contributed by atoms with van der Waals surface area (Å²) in [6.07, 6.45) is 0.454. The first-order valence-corrected chi connectivity index (χ1v) is 6.96. The van der Waals surface area contributed by atoms with Gasteiger partial charge in [0.25, 0.3) is 0 Å². The lowest BCUT2D eigenvalue weighted by molar-refractivity contribution is -0.163. The average molecular weight is 293 g/mol. The molecule has 1 atom stereocenters. The Balaban J connectivity index is 3.06. The van der Waals surface area contributed by atoms with Gasteiger partial charge in [0, 0.05) is 6.20 Å². The Morgan fingerprint density at radius 3 is 2.38 bits per heavy atom. The summed E-state index contributed by atoms with van der Waals surface area (Å²) in [5, 5.41) is 10.5. The monoisotopic (exact) mass is 293 g/mol. The molecule has 1 aromatic heterocycles. The number of ether oxygens (including phenoxy) is 1. The zero-order chi connectivity index (χ0) is 16.3. The third-order valence-corrected chi connectivity index (χ3v) is 3.59. The van der Waals surface area contributed by atoms with Gasteiger partial charge in [0.15, 0.2) is 5.78 Å². The zero-order valence-corrected chi connectivity index (χ0v) is 13.2. The Morgan fingerprint density at radius 2 is 1.90 bits per heavy atom. The van der Waals surface area contributed by atoms with E-state index in [1.54, 1.807) is 45.2 Å². The van der Waals surface area contributed by atoms with Gasteiger partial charge in [-0.2, -0.15) is 0 Å². The van der Waals surface area contributed by atoms with Gasteiger partial charge in [0.05, 0.1) is 17.7 Å². The van der Waals surface area contributed by atoms with Crippen LogP contribution in [-0.2, 0) is 14.3 Å². The Kier molecular flexibility index (Phi) is 5.23. The molecule has 0 aromatic carbocycles. The summed E-state index contributed by atoms with van der Waals surface area (Å²) < 4.78 is 4.95. The molecule has 116 valence electrons. The van der Waals surface area contributed by atoms with Gasteiger partial charge in [-0.25, -0.2) is 0 Å². The SMILES string of the molecule is CCOC(=O)C(C)(C)C(=O)C(C)(C)C(O)c1ccccn1. The van der Waals surface area contributed by atoms with Crippen molar-refractivity contribution in [2.45, 2.75) is 40.7 Å². The zero-order valence-electron chi connectivity index (χ0n) is 13.2. The van der Waals surface area contributed by atoms with Gasteiger partial charge >= 0.3 is 5.97 Å². The standard InChI is InChI=1S/C16H23NO4/c1-6-21-14(20)16(4,5)13(19)15(2,3)12(18)11-9-7-8-10-17-11/h7-10,12,18H,6H2,1-5H3. The maximum absolute atomic E-state index is 12.7. The molecule has 5 nitrogen and oxygen atoms in total. The first kappa shape index (κ1) is 17.3. The molecule has 1 N–H and O–H groups in total.